The summed E-state index contributed by atoms with van der Waals surface area (Å²) >= 11 is 7.33. The van der Waals surface area contributed by atoms with E-state index >= 15 is 0 Å². The van der Waals surface area contributed by atoms with E-state index in [1.54, 1.807) is 12.1 Å². The predicted octanol–water partition coefficient (Wildman–Crippen LogP) is 2.51. The average Bonchev–Trinajstić information content (AvgIpc) is 2.53. The molecule has 0 radical (unpaired) electrons. The van der Waals surface area contributed by atoms with Crippen LogP contribution in [0, 0.1) is 0 Å². The first-order chi connectivity index (χ1) is 10.9. The molecule has 0 atom stereocenters. The summed E-state index contributed by atoms with van der Waals surface area (Å²) in [6.07, 6.45) is 0. The van der Waals surface area contributed by atoms with Crippen LogP contribution in [0.3, 0.4) is 0 Å². The zero-order valence-corrected chi connectivity index (χ0v) is 14.4. The minimum Gasteiger partial charge on any atom is -0.366 e. The Hall–Kier alpha value is -1.54. The number of benzene rings is 2. The van der Waals surface area contributed by atoms with Crippen LogP contribution in [-0.2, 0) is 10.0 Å². The molecule has 0 heterocycles. The number of hydrogen-bond acceptors (Lipinski definition) is 4. The molecule has 0 fully saturated rings. The maximum Gasteiger partial charge on any atom is 0.248 e. The second-order valence-corrected chi connectivity index (χ2v) is 7.96. The van der Waals surface area contributed by atoms with Crippen molar-refractivity contribution in [3.63, 3.8) is 0 Å². The van der Waals surface area contributed by atoms with E-state index < -0.39 is 15.9 Å². The summed E-state index contributed by atoms with van der Waals surface area (Å²) in [6.45, 7) is 0.285. The average molecular weight is 371 g/mol. The van der Waals surface area contributed by atoms with Gasteiger partial charge in [-0.2, -0.15) is 0 Å². The summed E-state index contributed by atoms with van der Waals surface area (Å²) < 4.78 is 26.7. The summed E-state index contributed by atoms with van der Waals surface area (Å²) in [5, 5.41) is 0.662. The molecule has 3 N–H and O–H groups in total. The largest absolute Gasteiger partial charge is 0.366 e. The lowest BCUT2D eigenvalue weighted by Gasteiger charge is -2.07. The Kier molecular flexibility index (Phi) is 6.06. The van der Waals surface area contributed by atoms with Gasteiger partial charge < -0.3 is 5.73 Å². The maximum atomic E-state index is 12.1. The summed E-state index contributed by atoms with van der Waals surface area (Å²) in [6, 6.07) is 12.8. The van der Waals surface area contributed by atoms with E-state index in [0.717, 1.165) is 4.90 Å². The first-order valence-corrected chi connectivity index (χ1v) is 9.51. The van der Waals surface area contributed by atoms with Gasteiger partial charge in [0.2, 0.25) is 15.9 Å². The predicted molar refractivity (Wildman–Crippen MR) is 92.3 cm³/mol. The van der Waals surface area contributed by atoms with E-state index in [-0.39, 0.29) is 17.0 Å². The van der Waals surface area contributed by atoms with Crippen LogP contribution in [0.2, 0.25) is 5.02 Å². The van der Waals surface area contributed by atoms with Crippen molar-refractivity contribution >= 4 is 39.3 Å². The smallest absolute Gasteiger partial charge is 0.248 e. The molecule has 0 unspecified atom stereocenters. The highest BCUT2D eigenvalue weighted by molar-refractivity contribution is 7.99. The van der Waals surface area contributed by atoms with Crippen molar-refractivity contribution in [1.82, 2.24) is 4.72 Å². The lowest BCUT2D eigenvalue weighted by Crippen LogP contribution is -2.26. The first-order valence-electron chi connectivity index (χ1n) is 6.66. The van der Waals surface area contributed by atoms with Crippen LogP contribution in [0.4, 0.5) is 0 Å². The monoisotopic (exact) mass is 370 g/mol. The number of carbonyl (C=O) groups excluding carboxylic acids is 1. The van der Waals surface area contributed by atoms with Gasteiger partial charge in [0.25, 0.3) is 0 Å². The van der Waals surface area contributed by atoms with Crippen LogP contribution in [0.15, 0.2) is 58.3 Å². The summed E-state index contributed by atoms with van der Waals surface area (Å²) in [4.78, 5) is 12.1. The number of primary amides is 1. The lowest BCUT2D eigenvalue weighted by atomic mass is 10.2. The van der Waals surface area contributed by atoms with Gasteiger partial charge in [-0.3, -0.25) is 4.79 Å². The van der Waals surface area contributed by atoms with E-state index in [9.17, 15) is 13.2 Å². The third kappa shape index (κ3) is 5.24. The van der Waals surface area contributed by atoms with Crippen LogP contribution in [0.5, 0.6) is 0 Å². The van der Waals surface area contributed by atoms with Gasteiger partial charge in [0, 0.05) is 27.8 Å². The zero-order valence-electron chi connectivity index (χ0n) is 12.0. The van der Waals surface area contributed by atoms with Crippen molar-refractivity contribution in [2.75, 3.05) is 12.3 Å². The Morgan fingerprint density at radius 1 is 1.09 bits per heavy atom. The van der Waals surface area contributed by atoms with Crippen molar-refractivity contribution in [3.8, 4) is 0 Å². The van der Waals surface area contributed by atoms with Crippen molar-refractivity contribution < 1.29 is 13.2 Å². The standard InChI is InChI=1S/C15H15ClN2O3S2/c16-12-3-5-13(6-4-12)22-10-9-18-23(20,21)14-7-1-11(2-8-14)15(17)19/h1-8,18H,9-10H2,(H2,17,19). The topological polar surface area (TPSA) is 89.3 Å². The number of thioether (sulfide) groups is 1. The molecule has 0 aliphatic heterocycles. The summed E-state index contributed by atoms with van der Waals surface area (Å²) in [5.74, 6) is -0.0125. The number of amides is 1. The van der Waals surface area contributed by atoms with Gasteiger partial charge in [0.05, 0.1) is 4.90 Å². The molecule has 5 nitrogen and oxygen atoms in total. The molecule has 0 aliphatic carbocycles. The Morgan fingerprint density at radius 3 is 2.26 bits per heavy atom. The molecular weight excluding hydrogens is 356 g/mol. The lowest BCUT2D eigenvalue weighted by molar-refractivity contribution is 0.1000. The SMILES string of the molecule is NC(=O)c1ccc(S(=O)(=O)NCCSc2ccc(Cl)cc2)cc1. The molecule has 0 aromatic heterocycles. The molecular formula is C15H15ClN2O3S2. The number of nitrogens with two attached hydrogens (primary N) is 1. The molecule has 0 saturated heterocycles. The van der Waals surface area contributed by atoms with Gasteiger partial charge >= 0.3 is 0 Å². The molecule has 0 aliphatic rings. The highest BCUT2D eigenvalue weighted by Crippen LogP contribution is 2.20. The Balaban J connectivity index is 1.88. The molecule has 0 saturated carbocycles. The van der Waals surface area contributed by atoms with E-state index in [0.29, 0.717) is 10.8 Å². The third-order valence-corrected chi connectivity index (χ3v) is 5.67. The van der Waals surface area contributed by atoms with Crippen molar-refractivity contribution in [3.05, 3.63) is 59.1 Å². The number of rotatable bonds is 7. The first kappa shape index (κ1) is 17.8. The number of carbonyl (C=O) groups is 1. The fraction of sp³-hybridized carbons (Fsp3) is 0.133. The van der Waals surface area contributed by atoms with Crippen molar-refractivity contribution in [2.45, 2.75) is 9.79 Å². The van der Waals surface area contributed by atoms with Crippen LogP contribution >= 0.6 is 23.4 Å². The fourth-order valence-electron chi connectivity index (χ4n) is 1.76. The quantitative estimate of drug-likeness (QED) is 0.579. The van der Waals surface area contributed by atoms with Crippen LogP contribution < -0.4 is 10.5 Å². The number of hydrogen-bond donors (Lipinski definition) is 2. The van der Waals surface area contributed by atoms with Crippen LogP contribution in [-0.4, -0.2) is 26.6 Å². The van der Waals surface area contributed by atoms with E-state index in [1.165, 1.54) is 36.0 Å². The van der Waals surface area contributed by atoms with E-state index in [2.05, 4.69) is 4.72 Å². The van der Waals surface area contributed by atoms with Gasteiger partial charge in [-0.1, -0.05) is 11.6 Å². The summed E-state index contributed by atoms with van der Waals surface area (Å²) in [7, 11) is -3.60. The maximum absolute atomic E-state index is 12.1. The van der Waals surface area contributed by atoms with E-state index in [4.69, 9.17) is 17.3 Å². The van der Waals surface area contributed by atoms with Gasteiger partial charge in [-0.05, 0) is 48.5 Å². The number of nitrogens with one attached hydrogen (secondary N) is 1. The number of sulfonamides is 1. The van der Waals surface area contributed by atoms with Crippen molar-refractivity contribution in [1.29, 1.82) is 0 Å². The Labute approximate surface area is 144 Å². The third-order valence-electron chi connectivity index (χ3n) is 2.93. The Bertz CT molecular complexity index is 775. The van der Waals surface area contributed by atoms with Crippen molar-refractivity contribution in [2.24, 2.45) is 5.73 Å². The fourth-order valence-corrected chi connectivity index (χ4v) is 3.81. The summed E-state index contributed by atoms with van der Waals surface area (Å²) in [5.41, 5.74) is 5.39. The minimum atomic E-state index is -3.60. The second-order valence-electron chi connectivity index (χ2n) is 4.59. The molecule has 2 aromatic rings. The second kappa shape index (κ2) is 7.83. The molecule has 122 valence electrons. The molecule has 2 aromatic carbocycles. The zero-order chi connectivity index (χ0) is 16.9. The van der Waals surface area contributed by atoms with Gasteiger partial charge in [-0.15, -0.1) is 11.8 Å². The van der Waals surface area contributed by atoms with E-state index in [1.807, 2.05) is 12.1 Å². The molecule has 1 amide bonds. The van der Waals surface area contributed by atoms with Gasteiger partial charge in [0.1, 0.15) is 0 Å². The molecule has 8 heteroatoms. The minimum absolute atomic E-state index is 0.0963. The highest BCUT2D eigenvalue weighted by atomic mass is 35.5. The normalized spacial score (nSPS) is 11.3. The van der Waals surface area contributed by atoms with Gasteiger partial charge in [0.15, 0.2) is 0 Å². The van der Waals surface area contributed by atoms with Gasteiger partial charge in [-0.25, -0.2) is 13.1 Å². The molecule has 0 spiro atoms. The highest BCUT2D eigenvalue weighted by Gasteiger charge is 2.13. The molecule has 2 rings (SSSR count). The number of halogens is 1. The van der Waals surface area contributed by atoms with Crippen LogP contribution in [0.1, 0.15) is 10.4 Å². The molecule has 23 heavy (non-hydrogen) atoms. The molecule has 0 bridgehead atoms. The van der Waals surface area contributed by atoms with Crippen LogP contribution in [0.25, 0.3) is 0 Å². The Morgan fingerprint density at radius 2 is 1.70 bits per heavy atom.